The Balaban J connectivity index is 2.12. The van der Waals surface area contributed by atoms with Gasteiger partial charge in [-0.2, -0.15) is 5.10 Å². The lowest BCUT2D eigenvalue weighted by Gasteiger charge is -2.21. The van der Waals surface area contributed by atoms with E-state index in [4.69, 9.17) is 4.74 Å². The molecule has 1 unspecified atom stereocenters. The molecule has 1 atom stereocenters. The highest BCUT2D eigenvalue weighted by Crippen LogP contribution is 2.27. The van der Waals surface area contributed by atoms with Crippen molar-refractivity contribution < 1.29 is 9.53 Å². The minimum atomic E-state index is -0.573. The van der Waals surface area contributed by atoms with Crippen LogP contribution < -0.4 is 0 Å². The number of hydrogen-bond acceptors (Lipinski definition) is 3. The number of aromatic nitrogens is 2. The van der Waals surface area contributed by atoms with Crippen LogP contribution in [0.3, 0.4) is 0 Å². The van der Waals surface area contributed by atoms with Crippen LogP contribution in [0.25, 0.3) is 0 Å². The van der Waals surface area contributed by atoms with Crippen LogP contribution in [0.4, 0.5) is 0 Å². The second kappa shape index (κ2) is 4.61. The van der Waals surface area contributed by atoms with Gasteiger partial charge in [0, 0.05) is 18.8 Å². The lowest BCUT2D eigenvalue weighted by Crippen LogP contribution is -2.36. The van der Waals surface area contributed by atoms with Gasteiger partial charge in [0.25, 0.3) is 0 Å². The predicted molar refractivity (Wildman–Crippen MR) is 64.9 cm³/mol. The van der Waals surface area contributed by atoms with Crippen LogP contribution in [0.2, 0.25) is 0 Å². The number of hydrogen-bond donors (Lipinski definition) is 0. The first-order valence-corrected chi connectivity index (χ1v) is 6.26. The fraction of sp³-hybridized carbons (Fsp3) is 0.692. The van der Waals surface area contributed by atoms with Gasteiger partial charge in [-0.05, 0) is 39.7 Å². The van der Waals surface area contributed by atoms with Crippen molar-refractivity contribution in [3.05, 3.63) is 17.5 Å². The maximum atomic E-state index is 12.2. The zero-order valence-corrected chi connectivity index (χ0v) is 10.8. The molecule has 2 rings (SSSR count). The molecule has 0 saturated carbocycles. The Labute approximate surface area is 102 Å². The smallest absolute Gasteiger partial charge is 0.170 e. The quantitative estimate of drug-likeness (QED) is 0.802. The van der Waals surface area contributed by atoms with Gasteiger partial charge < -0.3 is 4.74 Å². The molecule has 0 amide bonds. The molecule has 0 aromatic carbocycles. The highest BCUT2D eigenvalue weighted by molar-refractivity contribution is 5.88. The van der Waals surface area contributed by atoms with Gasteiger partial charge in [0.1, 0.15) is 5.60 Å². The molecular formula is C13H20N2O2. The van der Waals surface area contributed by atoms with Gasteiger partial charge in [-0.1, -0.05) is 0 Å². The van der Waals surface area contributed by atoms with Crippen LogP contribution in [0.1, 0.15) is 38.1 Å². The van der Waals surface area contributed by atoms with Crippen molar-refractivity contribution in [2.45, 2.75) is 52.2 Å². The third kappa shape index (κ3) is 2.41. The Morgan fingerprint density at radius 3 is 3.00 bits per heavy atom. The molecule has 17 heavy (non-hydrogen) atoms. The molecule has 4 nitrogen and oxygen atoms in total. The summed E-state index contributed by atoms with van der Waals surface area (Å²) in [5, 5.41) is 4.36. The largest absolute Gasteiger partial charge is 0.367 e. The van der Waals surface area contributed by atoms with E-state index < -0.39 is 5.60 Å². The SMILES string of the molecule is CCn1nc(C)cc1CC(=O)C1(C)CCCO1. The van der Waals surface area contributed by atoms with Gasteiger partial charge in [-0.15, -0.1) is 0 Å². The molecule has 1 aliphatic rings. The average Bonchev–Trinajstić information content (AvgIpc) is 2.86. The summed E-state index contributed by atoms with van der Waals surface area (Å²) < 4.78 is 7.47. The Morgan fingerprint density at radius 2 is 2.41 bits per heavy atom. The molecule has 0 radical (unpaired) electrons. The molecule has 0 spiro atoms. The van der Waals surface area contributed by atoms with E-state index in [9.17, 15) is 4.79 Å². The highest BCUT2D eigenvalue weighted by atomic mass is 16.5. The van der Waals surface area contributed by atoms with Crippen molar-refractivity contribution in [2.75, 3.05) is 6.61 Å². The molecule has 1 aromatic rings. The van der Waals surface area contributed by atoms with Crippen LogP contribution in [0, 0.1) is 6.92 Å². The summed E-state index contributed by atoms with van der Waals surface area (Å²) in [6.07, 6.45) is 2.24. The second-order valence-corrected chi connectivity index (χ2v) is 4.88. The Bertz CT molecular complexity index is 417. The van der Waals surface area contributed by atoms with Crippen LogP contribution in [0.5, 0.6) is 0 Å². The first kappa shape index (κ1) is 12.3. The van der Waals surface area contributed by atoms with Gasteiger partial charge in [0.05, 0.1) is 12.1 Å². The molecule has 94 valence electrons. The Hall–Kier alpha value is -1.16. The normalized spacial score (nSPS) is 24.2. The molecule has 0 bridgehead atoms. The molecule has 1 aliphatic heterocycles. The lowest BCUT2D eigenvalue weighted by molar-refractivity contribution is -0.136. The van der Waals surface area contributed by atoms with E-state index in [1.165, 1.54) is 0 Å². The van der Waals surface area contributed by atoms with Crippen molar-refractivity contribution in [1.82, 2.24) is 9.78 Å². The van der Waals surface area contributed by atoms with Crippen LogP contribution in [0.15, 0.2) is 6.07 Å². The van der Waals surface area contributed by atoms with Gasteiger partial charge in [0.2, 0.25) is 0 Å². The molecule has 1 fully saturated rings. The topological polar surface area (TPSA) is 44.1 Å². The van der Waals surface area contributed by atoms with Gasteiger partial charge in [0.15, 0.2) is 5.78 Å². The van der Waals surface area contributed by atoms with Crippen LogP contribution in [-0.4, -0.2) is 27.8 Å². The van der Waals surface area contributed by atoms with Crippen molar-refractivity contribution in [3.63, 3.8) is 0 Å². The number of carbonyl (C=O) groups excluding carboxylic acids is 1. The molecule has 2 heterocycles. The zero-order valence-electron chi connectivity index (χ0n) is 10.8. The van der Waals surface area contributed by atoms with E-state index in [0.29, 0.717) is 13.0 Å². The molecular weight excluding hydrogens is 216 g/mol. The number of Topliss-reactive ketones (excluding diaryl/α,β-unsaturated/α-hetero) is 1. The summed E-state index contributed by atoms with van der Waals surface area (Å²) in [7, 11) is 0. The number of aryl methyl sites for hydroxylation is 2. The Morgan fingerprint density at radius 1 is 1.65 bits per heavy atom. The summed E-state index contributed by atoms with van der Waals surface area (Å²) in [4.78, 5) is 12.2. The van der Waals surface area contributed by atoms with E-state index in [2.05, 4.69) is 5.10 Å². The summed E-state index contributed by atoms with van der Waals surface area (Å²) in [5.41, 5.74) is 1.38. The van der Waals surface area contributed by atoms with Crippen LogP contribution >= 0.6 is 0 Å². The molecule has 1 aromatic heterocycles. The number of ketones is 1. The minimum absolute atomic E-state index is 0.171. The summed E-state index contributed by atoms with van der Waals surface area (Å²) in [6.45, 7) is 7.40. The van der Waals surface area contributed by atoms with E-state index in [-0.39, 0.29) is 5.78 Å². The number of ether oxygens (including phenoxy) is 1. The van der Waals surface area contributed by atoms with Gasteiger partial charge in [-0.3, -0.25) is 9.48 Å². The number of carbonyl (C=O) groups is 1. The zero-order chi connectivity index (χ0) is 12.5. The fourth-order valence-electron chi connectivity index (χ4n) is 2.37. The van der Waals surface area contributed by atoms with E-state index in [1.54, 1.807) is 0 Å². The molecule has 4 heteroatoms. The second-order valence-electron chi connectivity index (χ2n) is 4.88. The third-order valence-corrected chi connectivity index (χ3v) is 3.44. The molecule has 0 aliphatic carbocycles. The van der Waals surface area contributed by atoms with Crippen molar-refractivity contribution in [2.24, 2.45) is 0 Å². The lowest BCUT2D eigenvalue weighted by atomic mass is 9.94. The summed E-state index contributed by atoms with van der Waals surface area (Å²) in [6, 6.07) is 1.99. The standard InChI is InChI=1S/C13H20N2O2/c1-4-15-11(8-10(2)14-15)9-12(16)13(3)6-5-7-17-13/h8H,4-7,9H2,1-3H3. The summed E-state index contributed by atoms with van der Waals surface area (Å²) in [5.74, 6) is 0.171. The first-order valence-electron chi connectivity index (χ1n) is 6.26. The maximum absolute atomic E-state index is 12.2. The van der Waals surface area contributed by atoms with Crippen molar-refractivity contribution >= 4 is 5.78 Å². The maximum Gasteiger partial charge on any atom is 0.170 e. The molecule has 0 N–H and O–H groups in total. The van der Waals surface area contributed by atoms with Crippen molar-refractivity contribution in [1.29, 1.82) is 0 Å². The van der Waals surface area contributed by atoms with Crippen LogP contribution in [-0.2, 0) is 22.5 Å². The van der Waals surface area contributed by atoms with E-state index in [0.717, 1.165) is 30.8 Å². The Kier molecular flexibility index (Phi) is 3.33. The van der Waals surface area contributed by atoms with Gasteiger partial charge in [-0.25, -0.2) is 0 Å². The number of nitrogens with zero attached hydrogens (tertiary/aromatic N) is 2. The fourth-order valence-corrected chi connectivity index (χ4v) is 2.37. The van der Waals surface area contributed by atoms with E-state index >= 15 is 0 Å². The number of rotatable bonds is 4. The monoisotopic (exact) mass is 236 g/mol. The molecule has 1 saturated heterocycles. The summed E-state index contributed by atoms with van der Waals surface area (Å²) >= 11 is 0. The van der Waals surface area contributed by atoms with Crippen molar-refractivity contribution in [3.8, 4) is 0 Å². The minimum Gasteiger partial charge on any atom is -0.367 e. The predicted octanol–water partition coefficient (Wildman–Crippen LogP) is 1.89. The average molecular weight is 236 g/mol. The van der Waals surface area contributed by atoms with Gasteiger partial charge >= 0.3 is 0 Å². The third-order valence-electron chi connectivity index (χ3n) is 3.44. The highest BCUT2D eigenvalue weighted by Gasteiger charge is 2.37. The first-order chi connectivity index (χ1) is 8.05. The van der Waals surface area contributed by atoms with E-state index in [1.807, 2.05) is 31.5 Å².